The van der Waals surface area contributed by atoms with Crippen molar-refractivity contribution in [3.63, 3.8) is 0 Å². The first-order chi connectivity index (χ1) is 7.45. The topological polar surface area (TPSA) is 70.8 Å². The highest BCUT2D eigenvalue weighted by Gasteiger charge is 2.30. The van der Waals surface area contributed by atoms with Gasteiger partial charge >= 0.3 is 6.18 Å². The van der Waals surface area contributed by atoms with Crippen LogP contribution in [0.2, 0.25) is 0 Å². The molecule has 0 fully saturated rings. The lowest BCUT2D eigenvalue weighted by Crippen LogP contribution is -2.22. The molecule has 0 radical (unpaired) electrons. The van der Waals surface area contributed by atoms with Crippen molar-refractivity contribution in [2.75, 3.05) is 6.54 Å². The van der Waals surface area contributed by atoms with Crippen LogP contribution in [0.1, 0.15) is 5.56 Å². The average Bonchev–Trinajstić information content (AvgIpc) is 2.19. The molecule has 0 atom stereocenters. The van der Waals surface area contributed by atoms with Gasteiger partial charge in [0.25, 0.3) is 5.56 Å². The van der Waals surface area contributed by atoms with E-state index in [0.717, 1.165) is 10.6 Å². The van der Waals surface area contributed by atoms with Crippen LogP contribution in [0.4, 0.5) is 13.2 Å². The summed E-state index contributed by atoms with van der Waals surface area (Å²) in [4.78, 5) is 13.6. The second-order valence-electron chi connectivity index (χ2n) is 2.90. The van der Waals surface area contributed by atoms with Gasteiger partial charge in [0.2, 0.25) is 0 Å². The van der Waals surface area contributed by atoms with Crippen LogP contribution in [0.5, 0.6) is 0 Å². The number of azide groups is 1. The summed E-state index contributed by atoms with van der Waals surface area (Å²) in [7, 11) is 0. The van der Waals surface area contributed by atoms with Crippen molar-refractivity contribution in [3.05, 3.63) is 44.7 Å². The highest BCUT2D eigenvalue weighted by molar-refractivity contribution is 5.13. The molecule has 1 heterocycles. The highest BCUT2D eigenvalue weighted by atomic mass is 19.4. The molecule has 0 saturated carbocycles. The number of nitrogens with zero attached hydrogens (tertiary/aromatic N) is 4. The van der Waals surface area contributed by atoms with Crippen molar-refractivity contribution in [2.24, 2.45) is 5.11 Å². The number of alkyl halides is 3. The Labute approximate surface area is 87.7 Å². The maximum atomic E-state index is 12.3. The minimum absolute atomic E-state index is 0.0717. The summed E-state index contributed by atoms with van der Waals surface area (Å²) in [6.07, 6.45) is -3.79. The second kappa shape index (κ2) is 4.71. The van der Waals surface area contributed by atoms with Gasteiger partial charge in [0.15, 0.2) is 0 Å². The fourth-order valence-corrected chi connectivity index (χ4v) is 1.07. The van der Waals surface area contributed by atoms with Gasteiger partial charge in [-0.3, -0.25) is 4.79 Å². The minimum atomic E-state index is -4.49. The lowest BCUT2D eigenvalue weighted by atomic mass is 10.3. The van der Waals surface area contributed by atoms with Gasteiger partial charge in [0.1, 0.15) is 0 Å². The predicted octanol–water partition coefficient (Wildman–Crippen LogP) is 2.18. The summed E-state index contributed by atoms with van der Waals surface area (Å²) >= 11 is 0. The van der Waals surface area contributed by atoms with Crippen LogP contribution in [-0.2, 0) is 12.7 Å². The zero-order chi connectivity index (χ0) is 12.2. The fourth-order valence-electron chi connectivity index (χ4n) is 1.07. The monoisotopic (exact) mass is 232 g/mol. The van der Waals surface area contributed by atoms with Crippen LogP contribution in [0.3, 0.4) is 0 Å². The van der Waals surface area contributed by atoms with E-state index in [1.807, 2.05) is 0 Å². The first-order valence-corrected chi connectivity index (χ1v) is 4.23. The van der Waals surface area contributed by atoms with E-state index in [0.29, 0.717) is 12.3 Å². The number of hydrogen-bond donors (Lipinski definition) is 0. The Kier molecular flexibility index (Phi) is 3.57. The van der Waals surface area contributed by atoms with Gasteiger partial charge in [0, 0.05) is 30.3 Å². The van der Waals surface area contributed by atoms with Gasteiger partial charge in [-0.1, -0.05) is 5.11 Å². The molecule has 0 spiro atoms. The van der Waals surface area contributed by atoms with Gasteiger partial charge in [-0.2, -0.15) is 13.2 Å². The summed E-state index contributed by atoms with van der Waals surface area (Å²) in [5.41, 5.74) is 6.51. The Morgan fingerprint density at radius 2 is 2.12 bits per heavy atom. The van der Waals surface area contributed by atoms with E-state index in [4.69, 9.17) is 5.53 Å². The Bertz CT molecular complexity index is 473. The van der Waals surface area contributed by atoms with Gasteiger partial charge in [-0.25, -0.2) is 0 Å². The fraction of sp³-hybridized carbons (Fsp3) is 0.375. The first-order valence-electron chi connectivity index (χ1n) is 4.23. The molecule has 0 unspecified atom stereocenters. The maximum Gasteiger partial charge on any atom is 0.417 e. The lowest BCUT2D eigenvalue weighted by molar-refractivity contribution is -0.138. The number of rotatable bonds is 3. The maximum absolute atomic E-state index is 12.3. The summed E-state index contributed by atoms with van der Waals surface area (Å²) in [5, 5.41) is 3.14. The smallest absolute Gasteiger partial charge is 0.315 e. The number of hydrogen-bond acceptors (Lipinski definition) is 2. The molecule has 0 aromatic carbocycles. The van der Waals surface area contributed by atoms with E-state index in [9.17, 15) is 18.0 Å². The zero-order valence-electron chi connectivity index (χ0n) is 7.98. The Morgan fingerprint density at radius 3 is 2.69 bits per heavy atom. The zero-order valence-corrected chi connectivity index (χ0v) is 7.98. The molecule has 86 valence electrons. The molecular formula is C8H7F3N4O. The van der Waals surface area contributed by atoms with E-state index in [-0.39, 0.29) is 13.1 Å². The van der Waals surface area contributed by atoms with Crippen molar-refractivity contribution in [2.45, 2.75) is 12.7 Å². The Morgan fingerprint density at radius 1 is 1.44 bits per heavy atom. The predicted molar refractivity (Wildman–Crippen MR) is 49.7 cm³/mol. The van der Waals surface area contributed by atoms with E-state index in [1.54, 1.807) is 0 Å². The summed E-state index contributed by atoms with van der Waals surface area (Å²) in [5.74, 6) is 0. The molecule has 1 aromatic heterocycles. The summed E-state index contributed by atoms with van der Waals surface area (Å²) < 4.78 is 37.7. The Hall–Kier alpha value is -1.95. The summed E-state index contributed by atoms with van der Waals surface area (Å²) in [6, 6.07) is 1.55. The summed E-state index contributed by atoms with van der Waals surface area (Å²) in [6.45, 7) is -0.148. The quantitative estimate of drug-likeness (QED) is 0.447. The first kappa shape index (κ1) is 12.1. The van der Waals surface area contributed by atoms with E-state index >= 15 is 0 Å². The van der Waals surface area contributed by atoms with Crippen molar-refractivity contribution in [1.82, 2.24) is 4.57 Å². The van der Waals surface area contributed by atoms with Crippen molar-refractivity contribution < 1.29 is 13.2 Å². The van der Waals surface area contributed by atoms with E-state index in [2.05, 4.69) is 10.0 Å². The standard InChI is InChI=1S/C8H7F3N4O/c9-8(10,11)6-1-2-7(16)15(5-6)4-3-13-14-12/h1-2,5H,3-4H2. The van der Waals surface area contributed by atoms with Crippen LogP contribution in [-0.4, -0.2) is 11.1 Å². The van der Waals surface area contributed by atoms with Crippen LogP contribution >= 0.6 is 0 Å². The lowest BCUT2D eigenvalue weighted by Gasteiger charge is -2.09. The third-order valence-electron chi connectivity index (χ3n) is 1.81. The van der Waals surface area contributed by atoms with Gasteiger partial charge in [0.05, 0.1) is 5.56 Å². The van der Waals surface area contributed by atoms with Crippen molar-refractivity contribution in [3.8, 4) is 0 Å². The number of aromatic nitrogens is 1. The van der Waals surface area contributed by atoms with Gasteiger partial charge in [-0.15, -0.1) is 0 Å². The van der Waals surface area contributed by atoms with Crippen LogP contribution < -0.4 is 5.56 Å². The van der Waals surface area contributed by atoms with Crippen LogP contribution in [0, 0.1) is 0 Å². The molecular weight excluding hydrogens is 225 g/mol. The second-order valence-corrected chi connectivity index (χ2v) is 2.90. The normalized spacial score (nSPS) is 10.9. The highest BCUT2D eigenvalue weighted by Crippen LogP contribution is 2.27. The molecule has 0 aliphatic rings. The van der Waals surface area contributed by atoms with Crippen molar-refractivity contribution >= 4 is 0 Å². The molecule has 5 nitrogen and oxygen atoms in total. The molecule has 8 heteroatoms. The third-order valence-corrected chi connectivity index (χ3v) is 1.81. The molecule has 1 rings (SSSR count). The van der Waals surface area contributed by atoms with Crippen LogP contribution in [0.25, 0.3) is 10.4 Å². The molecule has 0 aliphatic carbocycles. The molecule has 1 aromatic rings. The van der Waals surface area contributed by atoms with Crippen molar-refractivity contribution in [1.29, 1.82) is 0 Å². The van der Waals surface area contributed by atoms with Gasteiger partial charge < -0.3 is 4.57 Å². The molecule has 0 bridgehead atoms. The Balaban J connectivity index is 3.00. The van der Waals surface area contributed by atoms with Gasteiger partial charge in [-0.05, 0) is 11.6 Å². The number of halogens is 3. The number of pyridine rings is 1. The average molecular weight is 232 g/mol. The molecule has 0 saturated heterocycles. The molecule has 0 amide bonds. The molecule has 0 aliphatic heterocycles. The van der Waals surface area contributed by atoms with E-state index < -0.39 is 17.3 Å². The largest absolute Gasteiger partial charge is 0.417 e. The SMILES string of the molecule is [N-]=[N+]=NCCn1cc(C(F)(F)F)ccc1=O. The third kappa shape index (κ3) is 3.03. The van der Waals surface area contributed by atoms with E-state index in [1.165, 1.54) is 0 Å². The minimum Gasteiger partial charge on any atom is -0.315 e. The van der Waals surface area contributed by atoms with Crippen LogP contribution in [0.15, 0.2) is 28.2 Å². The molecule has 16 heavy (non-hydrogen) atoms. The molecule has 0 N–H and O–H groups in total.